The Bertz CT molecular complexity index is 528. The Balaban J connectivity index is 1.56. The van der Waals surface area contributed by atoms with Crippen LogP contribution in [0.2, 0.25) is 0 Å². The van der Waals surface area contributed by atoms with E-state index in [9.17, 15) is 9.90 Å². The molecule has 24 heavy (non-hydrogen) atoms. The summed E-state index contributed by atoms with van der Waals surface area (Å²) >= 11 is 0. The number of carbonyl (C=O) groups excluding carboxylic acids is 1. The van der Waals surface area contributed by atoms with Gasteiger partial charge in [-0.05, 0) is 19.8 Å². The van der Waals surface area contributed by atoms with Gasteiger partial charge in [-0.15, -0.1) is 0 Å². The van der Waals surface area contributed by atoms with E-state index in [1.165, 1.54) is 11.0 Å². The first-order valence-corrected chi connectivity index (χ1v) is 8.64. The molecule has 2 fully saturated rings. The smallest absolute Gasteiger partial charge is 0.244 e. The molecule has 2 aliphatic heterocycles. The number of amides is 1. The van der Waals surface area contributed by atoms with Gasteiger partial charge in [0.25, 0.3) is 0 Å². The SMILES string of the molecule is CC1CN(CC2CN(C(=O)Cn3cncn3)CC2CO)CC(C)O1. The van der Waals surface area contributed by atoms with Crippen LogP contribution >= 0.6 is 0 Å². The fraction of sp³-hybridized carbons (Fsp3) is 0.812. The first kappa shape index (κ1) is 17.3. The molecule has 1 aromatic heterocycles. The Morgan fingerprint density at radius 2 is 1.92 bits per heavy atom. The minimum absolute atomic E-state index is 0.0326. The molecule has 8 heteroatoms. The lowest BCUT2D eigenvalue weighted by molar-refractivity contribution is -0.131. The summed E-state index contributed by atoms with van der Waals surface area (Å²) in [5.41, 5.74) is 0. The summed E-state index contributed by atoms with van der Waals surface area (Å²) in [5.74, 6) is 0.468. The number of aliphatic hydroxyl groups excluding tert-OH is 1. The van der Waals surface area contributed by atoms with Gasteiger partial charge in [-0.2, -0.15) is 5.10 Å². The van der Waals surface area contributed by atoms with Crippen molar-refractivity contribution >= 4 is 5.91 Å². The Kier molecular flexibility index (Phi) is 5.47. The van der Waals surface area contributed by atoms with Crippen LogP contribution in [0.4, 0.5) is 0 Å². The largest absolute Gasteiger partial charge is 0.396 e. The maximum atomic E-state index is 12.4. The molecule has 2 saturated heterocycles. The van der Waals surface area contributed by atoms with Crippen LogP contribution in [0.25, 0.3) is 0 Å². The number of morpholine rings is 1. The highest BCUT2D eigenvalue weighted by Gasteiger charge is 2.36. The van der Waals surface area contributed by atoms with Gasteiger partial charge in [-0.1, -0.05) is 0 Å². The van der Waals surface area contributed by atoms with Gasteiger partial charge in [-0.3, -0.25) is 9.69 Å². The van der Waals surface area contributed by atoms with Crippen LogP contribution in [0.1, 0.15) is 13.8 Å². The molecule has 4 atom stereocenters. The van der Waals surface area contributed by atoms with Crippen molar-refractivity contribution in [1.29, 1.82) is 0 Å². The number of nitrogens with zero attached hydrogens (tertiary/aromatic N) is 5. The maximum Gasteiger partial charge on any atom is 0.244 e. The summed E-state index contributed by atoms with van der Waals surface area (Å²) in [6.07, 6.45) is 3.43. The molecular formula is C16H27N5O3. The van der Waals surface area contributed by atoms with Crippen molar-refractivity contribution in [2.45, 2.75) is 32.6 Å². The number of hydrogen-bond acceptors (Lipinski definition) is 6. The zero-order chi connectivity index (χ0) is 17.1. The van der Waals surface area contributed by atoms with Gasteiger partial charge in [0.05, 0.1) is 12.2 Å². The molecule has 3 heterocycles. The van der Waals surface area contributed by atoms with Gasteiger partial charge in [0.2, 0.25) is 5.91 Å². The van der Waals surface area contributed by atoms with Crippen molar-refractivity contribution < 1.29 is 14.6 Å². The molecule has 4 unspecified atom stereocenters. The van der Waals surface area contributed by atoms with Crippen LogP contribution in [0.5, 0.6) is 0 Å². The van der Waals surface area contributed by atoms with Gasteiger partial charge in [-0.25, -0.2) is 9.67 Å². The standard InChI is InChI=1S/C16H27N5O3/c1-12-3-19(4-13(2)24-12)5-14-6-20(7-15(14)9-22)16(23)8-21-11-17-10-18-21/h10-15,22H,3-9H2,1-2H3. The third-order valence-corrected chi connectivity index (χ3v) is 4.92. The highest BCUT2D eigenvalue weighted by Crippen LogP contribution is 2.25. The summed E-state index contributed by atoms with van der Waals surface area (Å²) < 4.78 is 7.32. The summed E-state index contributed by atoms with van der Waals surface area (Å²) in [6, 6.07) is 0. The normalized spacial score (nSPS) is 31.5. The lowest BCUT2D eigenvalue weighted by Gasteiger charge is -2.37. The number of hydrogen-bond donors (Lipinski definition) is 1. The zero-order valence-corrected chi connectivity index (χ0v) is 14.4. The average molecular weight is 337 g/mol. The minimum atomic E-state index is 0.0326. The van der Waals surface area contributed by atoms with Crippen LogP contribution in [-0.4, -0.2) is 87.1 Å². The van der Waals surface area contributed by atoms with E-state index in [2.05, 4.69) is 28.8 Å². The fourth-order valence-corrected chi connectivity index (χ4v) is 3.87. The third-order valence-electron chi connectivity index (χ3n) is 4.92. The van der Waals surface area contributed by atoms with Crippen LogP contribution in [0.15, 0.2) is 12.7 Å². The highest BCUT2D eigenvalue weighted by molar-refractivity contribution is 5.76. The second-order valence-electron chi connectivity index (χ2n) is 7.07. The van der Waals surface area contributed by atoms with E-state index < -0.39 is 0 Å². The Morgan fingerprint density at radius 1 is 1.21 bits per heavy atom. The first-order valence-electron chi connectivity index (χ1n) is 8.64. The molecule has 8 nitrogen and oxygen atoms in total. The van der Waals surface area contributed by atoms with Crippen molar-refractivity contribution in [3.63, 3.8) is 0 Å². The summed E-state index contributed by atoms with van der Waals surface area (Å²) in [7, 11) is 0. The Morgan fingerprint density at radius 3 is 2.54 bits per heavy atom. The molecule has 0 saturated carbocycles. The lowest BCUT2D eigenvalue weighted by atomic mass is 9.96. The number of carbonyl (C=O) groups is 1. The number of likely N-dealkylation sites (tertiary alicyclic amines) is 1. The molecule has 0 bridgehead atoms. The quantitative estimate of drug-likeness (QED) is 0.776. The van der Waals surface area contributed by atoms with Crippen molar-refractivity contribution in [3.8, 4) is 0 Å². The van der Waals surface area contributed by atoms with Crippen molar-refractivity contribution in [2.75, 3.05) is 39.3 Å². The second-order valence-corrected chi connectivity index (χ2v) is 7.07. The Hall–Kier alpha value is -1.51. The number of ether oxygens (including phenoxy) is 1. The first-order chi connectivity index (χ1) is 11.5. The molecule has 2 aliphatic rings. The summed E-state index contributed by atoms with van der Waals surface area (Å²) in [4.78, 5) is 20.5. The molecule has 134 valence electrons. The number of rotatable bonds is 5. The summed E-state index contributed by atoms with van der Waals surface area (Å²) in [5, 5.41) is 13.7. The van der Waals surface area contributed by atoms with E-state index in [-0.39, 0.29) is 37.2 Å². The van der Waals surface area contributed by atoms with Gasteiger partial charge >= 0.3 is 0 Å². The van der Waals surface area contributed by atoms with Gasteiger partial charge in [0, 0.05) is 45.2 Å². The van der Waals surface area contributed by atoms with E-state index in [1.54, 1.807) is 6.33 Å². The molecule has 1 aromatic rings. The van der Waals surface area contributed by atoms with Gasteiger partial charge < -0.3 is 14.7 Å². The van der Waals surface area contributed by atoms with E-state index in [0.717, 1.165) is 19.6 Å². The van der Waals surface area contributed by atoms with Gasteiger partial charge in [0.1, 0.15) is 19.2 Å². The molecule has 0 radical (unpaired) electrons. The molecule has 3 rings (SSSR count). The van der Waals surface area contributed by atoms with E-state index in [1.807, 2.05) is 4.90 Å². The van der Waals surface area contributed by atoms with E-state index in [4.69, 9.17) is 4.74 Å². The van der Waals surface area contributed by atoms with E-state index in [0.29, 0.717) is 19.0 Å². The minimum Gasteiger partial charge on any atom is -0.396 e. The molecule has 0 aromatic carbocycles. The van der Waals surface area contributed by atoms with Crippen LogP contribution in [0, 0.1) is 11.8 Å². The van der Waals surface area contributed by atoms with Crippen molar-refractivity contribution in [1.82, 2.24) is 24.6 Å². The second kappa shape index (κ2) is 7.58. The summed E-state index contributed by atoms with van der Waals surface area (Å²) in [6.45, 7) is 8.53. The van der Waals surface area contributed by atoms with Crippen molar-refractivity contribution in [3.05, 3.63) is 12.7 Å². The molecule has 1 amide bonds. The zero-order valence-electron chi connectivity index (χ0n) is 14.4. The maximum absolute atomic E-state index is 12.4. The van der Waals surface area contributed by atoms with Crippen molar-refractivity contribution in [2.24, 2.45) is 11.8 Å². The average Bonchev–Trinajstić information content (AvgIpc) is 3.15. The van der Waals surface area contributed by atoms with Crippen LogP contribution < -0.4 is 0 Å². The molecule has 1 N–H and O–H groups in total. The van der Waals surface area contributed by atoms with Gasteiger partial charge in [0.15, 0.2) is 0 Å². The molecule has 0 aliphatic carbocycles. The molecule has 0 spiro atoms. The number of aromatic nitrogens is 3. The predicted molar refractivity (Wildman–Crippen MR) is 87.1 cm³/mol. The predicted octanol–water partition coefficient (Wildman–Crippen LogP) is -0.546. The number of aliphatic hydroxyl groups is 1. The fourth-order valence-electron chi connectivity index (χ4n) is 3.87. The Labute approximate surface area is 142 Å². The van der Waals surface area contributed by atoms with Crippen LogP contribution in [-0.2, 0) is 16.1 Å². The third kappa shape index (κ3) is 4.12. The lowest BCUT2D eigenvalue weighted by Crippen LogP contribution is -2.48. The highest BCUT2D eigenvalue weighted by atomic mass is 16.5. The molecular weight excluding hydrogens is 310 g/mol. The topological polar surface area (TPSA) is 83.7 Å². The van der Waals surface area contributed by atoms with E-state index >= 15 is 0 Å². The van der Waals surface area contributed by atoms with Crippen LogP contribution in [0.3, 0.4) is 0 Å². The monoisotopic (exact) mass is 337 g/mol.